The van der Waals surface area contributed by atoms with Crippen molar-refractivity contribution in [2.45, 2.75) is 33.9 Å². The molecule has 0 aliphatic rings. The van der Waals surface area contributed by atoms with Crippen molar-refractivity contribution in [2.24, 2.45) is 0 Å². The molecule has 0 atom stereocenters. The number of nitrogen functional groups attached to an aromatic ring is 1. The highest BCUT2D eigenvalue weighted by molar-refractivity contribution is 9.10. The summed E-state index contributed by atoms with van der Waals surface area (Å²) in [7, 11) is 0. The van der Waals surface area contributed by atoms with Crippen LogP contribution in [0.4, 0.5) is 5.69 Å². The first-order valence-electron chi connectivity index (χ1n) is 6.68. The van der Waals surface area contributed by atoms with Gasteiger partial charge in [-0.2, -0.15) is 5.10 Å². The van der Waals surface area contributed by atoms with E-state index in [-0.39, 0.29) is 12.6 Å². The maximum absolute atomic E-state index is 12.2. The van der Waals surface area contributed by atoms with Crippen molar-refractivity contribution in [3.63, 3.8) is 0 Å². The molecule has 0 saturated heterocycles. The van der Waals surface area contributed by atoms with E-state index in [1.165, 1.54) is 0 Å². The molecule has 0 amide bonds. The van der Waals surface area contributed by atoms with Gasteiger partial charge in [-0.25, -0.2) is 4.79 Å². The molecule has 0 bridgehead atoms. The molecule has 21 heavy (non-hydrogen) atoms. The fraction of sp³-hybridized carbons (Fsp3) is 0.333. The monoisotopic (exact) mass is 351 g/mol. The molecule has 0 aliphatic carbocycles. The highest BCUT2D eigenvalue weighted by Gasteiger charge is 2.15. The predicted molar refractivity (Wildman–Crippen MR) is 85.0 cm³/mol. The van der Waals surface area contributed by atoms with Gasteiger partial charge in [-0.05, 0) is 44.5 Å². The smallest absolute Gasteiger partial charge is 0.338 e. The molecule has 1 aromatic heterocycles. The number of hydrogen-bond acceptors (Lipinski definition) is 4. The number of carbonyl (C=O) groups is 1. The van der Waals surface area contributed by atoms with Crippen LogP contribution < -0.4 is 5.73 Å². The Hall–Kier alpha value is -1.82. The van der Waals surface area contributed by atoms with E-state index >= 15 is 0 Å². The quantitative estimate of drug-likeness (QED) is 0.678. The third kappa shape index (κ3) is 3.44. The molecule has 112 valence electrons. The number of rotatable bonds is 4. The summed E-state index contributed by atoms with van der Waals surface area (Å²) in [5.41, 5.74) is 9.41. The van der Waals surface area contributed by atoms with Crippen LogP contribution in [0.15, 0.2) is 22.7 Å². The molecule has 1 heterocycles. The van der Waals surface area contributed by atoms with Crippen molar-refractivity contribution in [1.82, 2.24) is 9.78 Å². The second-order valence-electron chi connectivity index (χ2n) is 4.84. The number of nitrogens with two attached hydrogens (primary N) is 1. The van der Waals surface area contributed by atoms with Crippen molar-refractivity contribution in [3.05, 3.63) is 45.2 Å². The fourth-order valence-corrected chi connectivity index (χ4v) is 2.59. The lowest BCUT2D eigenvalue weighted by molar-refractivity contribution is 0.0461. The highest BCUT2D eigenvalue weighted by Crippen LogP contribution is 2.23. The van der Waals surface area contributed by atoms with Crippen LogP contribution in [0.3, 0.4) is 0 Å². The summed E-state index contributed by atoms with van der Waals surface area (Å²) >= 11 is 3.34. The van der Waals surface area contributed by atoms with Gasteiger partial charge in [0.1, 0.15) is 6.61 Å². The molecule has 0 fully saturated rings. The van der Waals surface area contributed by atoms with E-state index in [2.05, 4.69) is 21.0 Å². The van der Waals surface area contributed by atoms with Crippen LogP contribution >= 0.6 is 15.9 Å². The number of anilines is 1. The Labute approximate surface area is 132 Å². The Morgan fingerprint density at radius 2 is 2.10 bits per heavy atom. The van der Waals surface area contributed by atoms with Crippen molar-refractivity contribution < 1.29 is 9.53 Å². The van der Waals surface area contributed by atoms with Gasteiger partial charge < -0.3 is 10.5 Å². The zero-order valence-corrected chi connectivity index (χ0v) is 13.9. The molecule has 2 rings (SSSR count). The first-order chi connectivity index (χ1) is 9.92. The number of carbonyl (C=O) groups excluding carboxylic acids is 1. The summed E-state index contributed by atoms with van der Waals surface area (Å²) in [6.07, 6.45) is 0. The molecular formula is C15H18BrN3O2. The Morgan fingerprint density at radius 1 is 1.38 bits per heavy atom. The molecular weight excluding hydrogens is 334 g/mol. The van der Waals surface area contributed by atoms with Gasteiger partial charge >= 0.3 is 5.97 Å². The van der Waals surface area contributed by atoms with Gasteiger partial charge in [-0.1, -0.05) is 15.9 Å². The molecule has 0 unspecified atom stereocenters. The first kappa shape index (κ1) is 15.6. The van der Waals surface area contributed by atoms with Crippen LogP contribution in [0.2, 0.25) is 0 Å². The van der Waals surface area contributed by atoms with Crippen LogP contribution in [0.25, 0.3) is 0 Å². The second kappa shape index (κ2) is 6.30. The van der Waals surface area contributed by atoms with E-state index in [1.807, 2.05) is 24.6 Å². The van der Waals surface area contributed by atoms with Crippen LogP contribution in [0, 0.1) is 13.8 Å². The number of ether oxygens (including phenoxy) is 1. The first-order valence-corrected chi connectivity index (χ1v) is 7.47. The lowest BCUT2D eigenvalue weighted by atomic mass is 10.1. The highest BCUT2D eigenvalue weighted by atomic mass is 79.9. The van der Waals surface area contributed by atoms with E-state index in [0.717, 1.165) is 28.0 Å². The van der Waals surface area contributed by atoms with E-state index < -0.39 is 0 Å². The Kier molecular flexibility index (Phi) is 4.67. The van der Waals surface area contributed by atoms with E-state index in [9.17, 15) is 4.79 Å². The molecule has 0 aliphatic heterocycles. The molecule has 0 saturated carbocycles. The molecule has 0 radical (unpaired) electrons. The van der Waals surface area contributed by atoms with Gasteiger partial charge in [0.15, 0.2) is 0 Å². The maximum atomic E-state index is 12.2. The number of halogens is 1. The van der Waals surface area contributed by atoms with Crippen molar-refractivity contribution in [1.29, 1.82) is 0 Å². The molecule has 1 aromatic carbocycles. The number of esters is 1. The van der Waals surface area contributed by atoms with Crippen LogP contribution in [-0.2, 0) is 17.9 Å². The maximum Gasteiger partial charge on any atom is 0.338 e. The molecule has 2 aromatic rings. The van der Waals surface area contributed by atoms with Gasteiger partial charge in [0.25, 0.3) is 0 Å². The lowest BCUT2D eigenvalue weighted by Gasteiger charge is -2.10. The van der Waals surface area contributed by atoms with E-state index in [0.29, 0.717) is 11.3 Å². The van der Waals surface area contributed by atoms with Crippen LogP contribution in [-0.4, -0.2) is 15.7 Å². The van der Waals surface area contributed by atoms with Gasteiger partial charge in [0.2, 0.25) is 0 Å². The lowest BCUT2D eigenvalue weighted by Crippen LogP contribution is -2.11. The summed E-state index contributed by atoms with van der Waals surface area (Å²) in [5.74, 6) is -0.387. The molecule has 0 spiro atoms. The van der Waals surface area contributed by atoms with Gasteiger partial charge in [-0.3, -0.25) is 4.68 Å². The molecule has 2 N–H and O–H groups in total. The average Bonchev–Trinajstić information content (AvgIpc) is 2.80. The number of nitrogens with zero attached hydrogens (tertiary/aromatic N) is 2. The third-order valence-electron chi connectivity index (χ3n) is 3.27. The zero-order valence-electron chi connectivity index (χ0n) is 12.3. The summed E-state index contributed by atoms with van der Waals surface area (Å²) in [4.78, 5) is 12.2. The van der Waals surface area contributed by atoms with E-state index in [4.69, 9.17) is 10.5 Å². The summed E-state index contributed by atoms with van der Waals surface area (Å²) in [5, 5.41) is 4.32. The third-order valence-corrected chi connectivity index (χ3v) is 3.73. The Bertz CT molecular complexity index is 680. The largest absolute Gasteiger partial charge is 0.456 e. The summed E-state index contributed by atoms with van der Waals surface area (Å²) in [6.45, 7) is 6.65. The number of hydrogen-bond donors (Lipinski definition) is 1. The number of aryl methyl sites for hydroxylation is 2. The minimum absolute atomic E-state index is 0.194. The number of benzene rings is 1. The zero-order chi connectivity index (χ0) is 15.6. The van der Waals surface area contributed by atoms with Crippen LogP contribution in [0.5, 0.6) is 0 Å². The minimum atomic E-state index is -0.387. The van der Waals surface area contributed by atoms with E-state index in [1.54, 1.807) is 19.1 Å². The predicted octanol–water partition coefficient (Wildman–Crippen LogP) is 3.22. The average molecular weight is 352 g/mol. The van der Waals surface area contributed by atoms with Gasteiger partial charge in [-0.15, -0.1) is 0 Å². The Balaban J connectivity index is 2.15. The Morgan fingerprint density at radius 3 is 2.76 bits per heavy atom. The van der Waals surface area contributed by atoms with Crippen LogP contribution in [0.1, 0.15) is 34.2 Å². The van der Waals surface area contributed by atoms with Gasteiger partial charge in [0, 0.05) is 16.7 Å². The second-order valence-corrected chi connectivity index (χ2v) is 5.75. The standard InChI is InChI=1S/C15H18BrN3O2/c1-4-19-12(5-9(2)18-19)8-21-15(20)13-6-11(16)7-14(17)10(13)3/h5-7H,4,8,17H2,1-3H3. The van der Waals surface area contributed by atoms with Crippen molar-refractivity contribution in [3.8, 4) is 0 Å². The molecule has 5 nitrogen and oxygen atoms in total. The summed E-state index contributed by atoms with van der Waals surface area (Å²) < 4.78 is 7.97. The normalized spacial score (nSPS) is 10.7. The SMILES string of the molecule is CCn1nc(C)cc1COC(=O)c1cc(Br)cc(N)c1C. The fourth-order valence-electron chi connectivity index (χ4n) is 2.12. The van der Waals surface area contributed by atoms with Crippen molar-refractivity contribution >= 4 is 27.6 Å². The number of aromatic nitrogens is 2. The van der Waals surface area contributed by atoms with Crippen molar-refractivity contribution in [2.75, 3.05) is 5.73 Å². The minimum Gasteiger partial charge on any atom is -0.456 e. The topological polar surface area (TPSA) is 70.1 Å². The summed E-state index contributed by atoms with van der Waals surface area (Å²) in [6, 6.07) is 5.40. The molecule has 6 heteroatoms. The van der Waals surface area contributed by atoms with Gasteiger partial charge in [0.05, 0.1) is 17.0 Å².